The maximum atomic E-state index is 12.1. The third kappa shape index (κ3) is 6.17. The van der Waals surface area contributed by atoms with Crippen LogP contribution >= 0.6 is 24.0 Å². The fourth-order valence-electron chi connectivity index (χ4n) is 2.44. The van der Waals surface area contributed by atoms with Crippen LogP contribution in [-0.4, -0.2) is 41.0 Å². The van der Waals surface area contributed by atoms with E-state index >= 15 is 0 Å². The molecule has 1 aliphatic heterocycles. The van der Waals surface area contributed by atoms with Crippen molar-refractivity contribution in [3.8, 4) is 5.75 Å². The highest BCUT2D eigenvalue weighted by Crippen LogP contribution is 2.26. The minimum atomic E-state index is -4.75. The van der Waals surface area contributed by atoms with Gasteiger partial charge in [-0.05, 0) is 37.1 Å². The summed E-state index contributed by atoms with van der Waals surface area (Å²) in [5.41, 5.74) is 11.9. The third-order valence-corrected chi connectivity index (χ3v) is 3.91. The quantitative estimate of drug-likeness (QED) is 0.413. The molecule has 0 spiro atoms. The zero-order valence-electron chi connectivity index (χ0n) is 13.0. The van der Waals surface area contributed by atoms with E-state index in [2.05, 4.69) is 9.73 Å². The molecule has 1 aromatic rings. The lowest BCUT2D eigenvalue weighted by Gasteiger charge is -2.37. The van der Waals surface area contributed by atoms with E-state index in [1.165, 1.54) is 12.1 Å². The predicted molar refractivity (Wildman–Crippen MR) is 92.9 cm³/mol. The smallest absolute Gasteiger partial charge is 0.406 e. The molecular weight excluding hydrogens is 382 g/mol. The van der Waals surface area contributed by atoms with Crippen molar-refractivity contribution in [1.29, 1.82) is 5.41 Å². The average molecular weight is 400 g/mol. The van der Waals surface area contributed by atoms with E-state index in [1.54, 1.807) is 4.90 Å². The minimum absolute atomic E-state index is 0. The lowest BCUT2D eigenvalue weighted by atomic mass is 10.0. The number of nitrogens with zero attached hydrogens (tertiary/aromatic N) is 2. The van der Waals surface area contributed by atoms with Gasteiger partial charge < -0.3 is 21.1 Å². The number of rotatable bonds is 3. The molecule has 0 aliphatic carbocycles. The normalized spacial score (nSPS) is 21.4. The number of ether oxygens (including phenoxy) is 1. The van der Waals surface area contributed by atoms with Crippen LogP contribution < -0.4 is 16.2 Å². The van der Waals surface area contributed by atoms with Crippen molar-refractivity contribution in [2.45, 2.75) is 30.6 Å². The number of hydrogen-bond acceptors (Lipinski definition) is 3. The highest BCUT2D eigenvalue weighted by atomic mass is 35.5. The molecule has 1 aliphatic rings. The second kappa shape index (κ2) is 8.48. The Bertz CT molecular complexity index is 624. The second-order valence-electron chi connectivity index (χ2n) is 5.29. The van der Waals surface area contributed by atoms with E-state index in [4.69, 9.17) is 28.5 Å². The molecule has 0 radical (unpaired) electrons. The van der Waals surface area contributed by atoms with Gasteiger partial charge in [0, 0.05) is 11.9 Å². The van der Waals surface area contributed by atoms with Gasteiger partial charge in [-0.3, -0.25) is 5.41 Å². The van der Waals surface area contributed by atoms with Crippen LogP contribution in [0.15, 0.2) is 29.3 Å². The van der Waals surface area contributed by atoms with Crippen LogP contribution in [0.2, 0.25) is 0 Å². The molecule has 0 aromatic heterocycles. The van der Waals surface area contributed by atoms with E-state index in [0.717, 1.165) is 12.1 Å². The molecule has 2 atom stereocenters. The van der Waals surface area contributed by atoms with E-state index < -0.39 is 12.4 Å². The molecular formula is C14H18Cl2F3N5O. The molecule has 6 nitrogen and oxygen atoms in total. The van der Waals surface area contributed by atoms with Crippen LogP contribution in [0.4, 0.5) is 18.9 Å². The number of piperidine rings is 1. The van der Waals surface area contributed by atoms with Crippen LogP contribution in [0.25, 0.3) is 0 Å². The number of nitrogens with one attached hydrogen (secondary N) is 1. The summed E-state index contributed by atoms with van der Waals surface area (Å²) in [5, 5.41) is 7.49. The summed E-state index contributed by atoms with van der Waals surface area (Å²) in [7, 11) is 0. The van der Waals surface area contributed by atoms with Gasteiger partial charge in [-0.1, -0.05) is 0 Å². The first-order valence-corrected chi connectivity index (χ1v) is 7.54. The number of alkyl halides is 4. The molecule has 0 amide bonds. The topological polar surface area (TPSA) is 101 Å². The highest BCUT2D eigenvalue weighted by Gasteiger charge is 2.32. The van der Waals surface area contributed by atoms with Gasteiger partial charge in [-0.25, -0.2) is 4.99 Å². The Labute approximate surface area is 153 Å². The Kier molecular flexibility index (Phi) is 7.18. The molecule has 1 saturated heterocycles. The van der Waals surface area contributed by atoms with Crippen molar-refractivity contribution in [1.82, 2.24) is 4.90 Å². The molecule has 0 saturated carbocycles. The highest BCUT2D eigenvalue weighted by molar-refractivity contribution is 6.21. The summed E-state index contributed by atoms with van der Waals surface area (Å²) >= 11 is 6.14. The van der Waals surface area contributed by atoms with Gasteiger partial charge in [-0.2, -0.15) is 0 Å². The SMILES string of the molecule is Cl.N=C(N)N1CCC(Cl)CC1C(N)=Nc1ccc(OC(F)(F)F)cc1. The fourth-order valence-corrected chi connectivity index (χ4v) is 2.70. The first-order valence-electron chi connectivity index (χ1n) is 7.10. The Balaban J connectivity index is 0.00000312. The van der Waals surface area contributed by atoms with Gasteiger partial charge in [0.2, 0.25) is 0 Å². The summed E-state index contributed by atoms with van der Waals surface area (Å²) in [6, 6.07) is 4.58. The number of halogens is 5. The Morgan fingerprint density at radius 3 is 2.40 bits per heavy atom. The summed E-state index contributed by atoms with van der Waals surface area (Å²) in [5.74, 6) is -0.278. The summed E-state index contributed by atoms with van der Waals surface area (Å²) in [6.07, 6.45) is -3.59. The van der Waals surface area contributed by atoms with Gasteiger partial charge in [0.1, 0.15) is 11.6 Å². The van der Waals surface area contributed by atoms with Crippen molar-refractivity contribution in [3.63, 3.8) is 0 Å². The zero-order chi connectivity index (χ0) is 17.9. The largest absolute Gasteiger partial charge is 0.573 e. The lowest BCUT2D eigenvalue weighted by molar-refractivity contribution is -0.274. The molecule has 5 N–H and O–H groups in total. The van der Waals surface area contributed by atoms with Crippen LogP contribution in [0.1, 0.15) is 12.8 Å². The van der Waals surface area contributed by atoms with Crippen molar-refractivity contribution >= 4 is 41.5 Å². The predicted octanol–water partition coefficient (Wildman–Crippen LogP) is 2.96. The summed E-state index contributed by atoms with van der Waals surface area (Å²) in [6.45, 7) is 0.489. The number of benzene rings is 1. The average Bonchev–Trinajstić information content (AvgIpc) is 2.47. The molecule has 2 rings (SSSR count). The van der Waals surface area contributed by atoms with Crippen LogP contribution in [0.5, 0.6) is 5.75 Å². The molecule has 140 valence electrons. The summed E-state index contributed by atoms with van der Waals surface area (Å²) in [4.78, 5) is 5.79. The first kappa shape index (κ1) is 21.2. The molecule has 25 heavy (non-hydrogen) atoms. The zero-order valence-corrected chi connectivity index (χ0v) is 14.5. The number of nitrogens with two attached hydrogens (primary N) is 2. The van der Waals surface area contributed by atoms with Crippen LogP contribution in [0.3, 0.4) is 0 Å². The van der Waals surface area contributed by atoms with Gasteiger partial charge >= 0.3 is 6.36 Å². The molecule has 2 unspecified atom stereocenters. The molecule has 1 fully saturated rings. The fraction of sp³-hybridized carbons (Fsp3) is 0.429. The minimum Gasteiger partial charge on any atom is -0.406 e. The maximum Gasteiger partial charge on any atom is 0.573 e. The van der Waals surface area contributed by atoms with Crippen LogP contribution in [-0.2, 0) is 0 Å². The second-order valence-corrected chi connectivity index (χ2v) is 5.91. The van der Waals surface area contributed by atoms with E-state index in [0.29, 0.717) is 25.1 Å². The maximum absolute atomic E-state index is 12.1. The van der Waals surface area contributed by atoms with Gasteiger partial charge in [0.15, 0.2) is 5.96 Å². The summed E-state index contributed by atoms with van der Waals surface area (Å²) < 4.78 is 40.2. The number of hydrogen-bond donors (Lipinski definition) is 3. The van der Waals surface area contributed by atoms with Gasteiger partial charge in [0.05, 0.1) is 11.7 Å². The van der Waals surface area contributed by atoms with Gasteiger partial charge in [-0.15, -0.1) is 37.2 Å². The van der Waals surface area contributed by atoms with Crippen molar-refractivity contribution < 1.29 is 17.9 Å². The van der Waals surface area contributed by atoms with E-state index in [-0.39, 0.29) is 35.3 Å². The monoisotopic (exact) mass is 399 g/mol. The van der Waals surface area contributed by atoms with Crippen molar-refractivity contribution in [3.05, 3.63) is 24.3 Å². The van der Waals surface area contributed by atoms with Gasteiger partial charge in [0.25, 0.3) is 0 Å². The lowest BCUT2D eigenvalue weighted by Crippen LogP contribution is -2.54. The number of aliphatic imine (C=N–C) groups is 1. The molecule has 1 aromatic carbocycles. The Morgan fingerprint density at radius 2 is 1.88 bits per heavy atom. The first-order chi connectivity index (χ1) is 11.2. The standard InChI is InChI=1S/C14H17ClF3N5O.ClH/c15-8-5-6-23(13(20)21)11(7-8)12(19)22-9-1-3-10(4-2-9)24-14(16,17)18;/h1-4,8,11H,5-7H2,(H2,19,22)(H3,20,21);1H. The van der Waals surface area contributed by atoms with E-state index in [1.807, 2.05) is 0 Å². The number of guanidine groups is 1. The Hall–Kier alpha value is -1.87. The third-order valence-electron chi connectivity index (χ3n) is 3.52. The van der Waals surface area contributed by atoms with Crippen molar-refractivity contribution in [2.75, 3.05) is 6.54 Å². The number of likely N-dealkylation sites (tertiary alicyclic amines) is 1. The molecule has 1 heterocycles. The molecule has 0 bridgehead atoms. The van der Waals surface area contributed by atoms with Crippen LogP contribution in [0, 0.1) is 5.41 Å². The van der Waals surface area contributed by atoms with Crippen molar-refractivity contribution in [2.24, 2.45) is 16.5 Å². The van der Waals surface area contributed by atoms with E-state index in [9.17, 15) is 13.2 Å². The Morgan fingerprint density at radius 1 is 1.28 bits per heavy atom. The molecule has 11 heteroatoms. The number of amidine groups is 1.